The van der Waals surface area contributed by atoms with E-state index in [1.165, 1.54) is 4.90 Å². The molecule has 298 valence electrons. The van der Waals surface area contributed by atoms with Crippen molar-refractivity contribution in [3.05, 3.63) is 119 Å². The number of likely N-dealkylation sites (N-methyl/N-ethyl adjacent to an activating group) is 1. The van der Waals surface area contributed by atoms with Crippen LogP contribution >= 0.6 is 12.2 Å². The monoisotopic (exact) mass is 789 g/mol. The normalized spacial score (nSPS) is 14.6. The lowest BCUT2D eigenvalue weighted by Crippen LogP contribution is -2.47. The molecule has 4 amide bonds. The van der Waals surface area contributed by atoms with Gasteiger partial charge >= 0.3 is 0 Å². The Hall–Kier alpha value is -5.59. The first-order valence-corrected chi connectivity index (χ1v) is 19.9. The van der Waals surface area contributed by atoms with E-state index < -0.39 is 0 Å². The highest BCUT2D eigenvalue weighted by Crippen LogP contribution is 2.32. The molecule has 12 heteroatoms. The molecule has 4 aromatic carbocycles. The minimum atomic E-state index is -0.262. The Morgan fingerprint density at radius 1 is 0.860 bits per heavy atom. The van der Waals surface area contributed by atoms with E-state index in [-0.39, 0.29) is 23.6 Å². The number of benzene rings is 4. The van der Waals surface area contributed by atoms with Gasteiger partial charge in [0.25, 0.3) is 17.7 Å². The summed E-state index contributed by atoms with van der Waals surface area (Å²) >= 11 is 5.86. The number of thiocarbonyl (C=S) groups is 1. The lowest BCUT2D eigenvalue weighted by molar-refractivity contribution is -0.133. The Morgan fingerprint density at radius 2 is 1.53 bits per heavy atom. The summed E-state index contributed by atoms with van der Waals surface area (Å²) in [5.74, 6) is 0.826. The van der Waals surface area contributed by atoms with Crippen LogP contribution in [0.4, 0.5) is 11.4 Å². The molecule has 6 rings (SSSR count). The maximum atomic E-state index is 13.8. The Bertz CT molecular complexity index is 2080. The summed E-state index contributed by atoms with van der Waals surface area (Å²) in [6, 6.07) is 27.3. The molecule has 1 unspecified atom stereocenters. The van der Waals surface area contributed by atoms with Gasteiger partial charge in [-0.2, -0.15) is 0 Å². The van der Waals surface area contributed by atoms with Crippen molar-refractivity contribution in [2.45, 2.75) is 39.0 Å². The van der Waals surface area contributed by atoms with Gasteiger partial charge in [0, 0.05) is 57.3 Å². The van der Waals surface area contributed by atoms with Crippen molar-refractivity contribution in [3.8, 4) is 11.5 Å². The third-order valence-corrected chi connectivity index (χ3v) is 11.1. The molecular weight excluding hydrogens is 739 g/mol. The molecule has 1 atom stereocenters. The molecule has 2 heterocycles. The van der Waals surface area contributed by atoms with E-state index in [1.807, 2.05) is 53.4 Å². The van der Waals surface area contributed by atoms with Gasteiger partial charge < -0.3 is 29.5 Å². The summed E-state index contributed by atoms with van der Waals surface area (Å²) in [6.45, 7) is 6.33. The number of rotatable bonds is 16. The predicted molar refractivity (Wildman–Crippen MR) is 227 cm³/mol. The van der Waals surface area contributed by atoms with E-state index >= 15 is 0 Å². The number of carbonyl (C=O) groups excluding carboxylic acids is 4. The van der Waals surface area contributed by atoms with Gasteiger partial charge in [-0.25, -0.2) is 0 Å². The number of nitrogens with zero attached hydrogens (tertiary/aromatic N) is 4. The molecule has 0 spiro atoms. The molecule has 1 fully saturated rings. The standard InChI is InChI=1S/C45H51N5O6S/c1-31(19-22-41(51)49-27-25-47(2)26-28-49)23-29-56-39-18-10-9-17-38(39)48(3)43(52)33-20-21-37(40(30-33)55-4)46-42(57)34-14-6-5-12-32(34)13-11-24-50-44(53)35-15-7-8-16-36(35)45(50)54/h5-10,12,14-18,20-21,30-31H,11,13,19,22-29H2,1-4H3,(H,46,57). The van der Waals surface area contributed by atoms with Crippen LogP contribution in [0.15, 0.2) is 91.0 Å². The minimum absolute atomic E-state index is 0.224. The smallest absolute Gasteiger partial charge is 0.261 e. The van der Waals surface area contributed by atoms with Crippen molar-refractivity contribution in [2.24, 2.45) is 5.92 Å². The number of nitrogens with one attached hydrogen (secondary N) is 1. The summed E-state index contributed by atoms with van der Waals surface area (Å²) in [7, 11) is 5.34. The second-order valence-electron chi connectivity index (χ2n) is 14.7. The molecule has 2 aliphatic rings. The van der Waals surface area contributed by atoms with Crippen LogP contribution < -0.4 is 19.7 Å². The Balaban J connectivity index is 1.03. The van der Waals surface area contributed by atoms with E-state index in [2.05, 4.69) is 24.2 Å². The molecule has 2 aliphatic heterocycles. The highest BCUT2D eigenvalue weighted by Gasteiger charge is 2.34. The van der Waals surface area contributed by atoms with E-state index in [1.54, 1.807) is 61.5 Å². The van der Waals surface area contributed by atoms with Gasteiger partial charge in [0.05, 0.1) is 36.2 Å². The second-order valence-corrected chi connectivity index (χ2v) is 15.1. The molecule has 0 saturated carbocycles. The minimum Gasteiger partial charge on any atom is -0.495 e. The first-order chi connectivity index (χ1) is 27.5. The maximum Gasteiger partial charge on any atom is 0.261 e. The van der Waals surface area contributed by atoms with E-state index in [0.29, 0.717) is 82.9 Å². The maximum absolute atomic E-state index is 13.8. The molecule has 11 nitrogen and oxygen atoms in total. The summed E-state index contributed by atoms with van der Waals surface area (Å²) in [4.78, 5) is 59.8. The van der Waals surface area contributed by atoms with Gasteiger partial charge in [-0.15, -0.1) is 0 Å². The van der Waals surface area contributed by atoms with Crippen LogP contribution in [0.3, 0.4) is 0 Å². The number of carbonyl (C=O) groups is 4. The molecule has 0 radical (unpaired) electrons. The number of anilines is 2. The number of para-hydroxylation sites is 2. The first kappa shape index (κ1) is 41.1. The van der Waals surface area contributed by atoms with Gasteiger partial charge in [0.15, 0.2) is 0 Å². The molecule has 0 aliphatic carbocycles. The Labute approximate surface area is 340 Å². The number of aryl methyl sites for hydroxylation is 1. The fraction of sp³-hybridized carbons (Fsp3) is 0.356. The van der Waals surface area contributed by atoms with E-state index in [4.69, 9.17) is 21.7 Å². The van der Waals surface area contributed by atoms with Crippen molar-refractivity contribution in [2.75, 3.05) is 70.8 Å². The van der Waals surface area contributed by atoms with Gasteiger partial charge in [0.2, 0.25) is 5.91 Å². The zero-order chi connectivity index (χ0) is 40.5. The summed E-state index contributed by atoms with van der Waals surface area (Å²) < 4.78 is 11.9. The summed E-state index contributed by atoms with van der Waals surface area (Å²) in [6.07, 6.45) is 3.31. The number of imide groups is 1. The lowest BCUT2D eigenvalue weighted by atomic mass is 10.0. The average Bonchev–Trinajstić information content (AvgIpc) is 3.47. The van der Waals surface area contributed by atoms with Crippen molar-refractivity contribution in [1.82, 2.24) is 14.7 Å². The van der Waals surface area contributed by atoms with Crippen molar-refractivity contribution >= 4 is 52.2 Å². The number of methoxy groups -OCH3 is 1. The van der Waals surface area contributed by atoms with E-state index in [0.717, 1.165) is 50.1 Å². The van der Waals surface area contributed by atoms with Gasteiger partial charge in [-0.1, -0.05) is 67.7 Å². The molecule has 1 saturated heterocycles. The zero-order valence-electron chi connectivity index (χ0n) is 33.2. The third-order valence-electron chi connectivity index (χ3n) is 10.8. The topological polar surface area (TPSA) is 112 Å². The van der Waals surface area contributed by atoms with Crippen molar-refractivity contribution in [1.29, 1.82) is 0 Å². The van der Waals surface area contributed by atoms with Crippen LogP contribution in [0.2, 0.25) is 0 Å². The van der Waals surface area contributed by atoms with Crippen molar-refractivity contribution < 1.29 is 28.7 Å². The van der Waals surface area contributed by atoms with Crippen LogP contribution in [-0.4, -0.2) is 104 Å². The first-order valence-electron chi connectivity index (χ1n) is 19.5. The van der Waals surface area contributed by atoms with Gasteiger partial charge in [-0.3, -0.25) is 24.1 Å². The number of ether oxygens (including phenoxy) is 2. The van der Waals surface area contributed by atoms with Gasteiger partial charge in [0.1, 0.15) is 16.5 Å². The molecule has 0 bridgehead atoms. The Morgan fingerprint density at radius 3 is 2.25 bits per heavy atom. The average molecular weight is 790 g/mol. The molecule has 1 N–H and O–H groups in total. The summed E-state index contributed by atoms with van der Waals surface area (Å²) in [5, 5.41) is 3.30. The highest BCUT2D eigenvalue weighted by molar-refractivity contribution is 7.81. The molecule has 4 aromatic rings. The molecule has 0 aromatic heterocycles. The van der Waals surface area contributed by atoms with Crippen molar-refractivity contribution in [3.63, 3.8) is 0 Å². The number of amides is 4. The molecular formula is C45H51N5O6S. The fourth-order valence-electron chi connectivity index (χ4n) is 7.20. The quantitative estimate of drug-likeness (QED) is 0.0953. The van der Waals surface area contributed by atoms with Crippen LogP contribution in [0.1, 0.15) is 74.8 Å². The van der Waals surface area contributed by atoms with Crippen LogP contribution in [-0.2, 0) is 11.2 Å². The van der Waals surface area contributed by atoms with E-state index in [9.17, 15) is 19.2 Å². The SMILES string of the molecule is COc1cc(C(=O)N(C)c2ccccc2OCCC(C)CCC(=O)N2CCN(C)CC2)ccc1NC(=S)c1ccccc1CCCN1C(=O)c2ccccc2C1=O. The van der Waals surface area contributed by atoms with Crippen LogP contribution in [0.5, 0.6) is 11.5 Å². The summed E-state index contributed by atoms with van der Waals surface area (Å²) in [5.41, 5.74) is 4.35. The third kappa shape index (κ3) is 9.87. The number of hydrogen-bond acceptors (Lipinski definition) is 8. The highest BCUT2D eigenvalue weighted by atomic mass is 32.1. The van der Waals surface area contributed by atoms with Crippen LogP contribution in [0, 0.1) is 5.92 Å². The number of fused-ring (bicyclic) bond motifs is 1. The molecule has 57 heavy (non-hydrogen) atoms. The predicted octanol–water partition coefficient (Wildman–Crippen LogP) is 6.95. The number of hydrogen-bond donors (Lipinski definition) is 1. The number of piperazine rings is 1. The zero-order valence-corrected chi connectivity index (χ0v) is 34.0. The Kier molecular flexibility index (Phi) is 13.7. The fourth-order valence-corrected chi connectivity index (χ4v) is 7.51. The van der Waals surface area contributed by atoms with Crippen LogP contribution in [0.25, 0.3) is 0 Å². The lowest BCUT2D eigenvalue weighted by Gasteiger charge is -2.32. The largest absolute Gasteiger partial charge is 0.495 e. The second kappa shape index (κ2) is 19.0. The van der Waals surface area contributed by atoms with Gasteiger partial charge in [-0.05, 0) is 86.7 Å².